The second kappa shape index (κ2) is 7.46. The quantitative estimate of drug-likeness (QED) is 0.734. The van der Waals surface area contributed by atoms with Crippen LogP contribution in [0.25, 0.3) is 0 Å². The summed E-state index contributed by atoms with van der Waals surface area (Å²) in [6, 6.07) is 3.03. The van der Waals surface area contributed by atoms with Crippen molar-refractivity contribution in [3.63, 3.8) is 0 Å². The van der Waals surface area contributed by atoms with Gasteiger partial charge in [-0.05, 0) is 18.6 Å². The second-order valence-corrected chi connectivity index (χ2v) is 4.75. The van der Waals surface area contributed by atoms with Gasteiger partial charge in [0.2, 0.25) is 0 Å². The molecule has 100 valence electrons. The summed E-state index contributed by atoms with van der Waals surface area (Å²) in [6.07, 6.45) is 1.82. The Morgan fingerprint density at radius 2 is 2.06 bits per heavy atom. The fourth-order valence-corrected chi connectivity index (χ4v) is 2.03. The van der Waals surface area contributed by atoms with Crippen LogP contribution in [0, 0.1) is 11.6 Å². The smallest absolute Gasteiger partial charge is 0.256 e. The largest absolute Gasteiger partial charge is 0.338 e. The minimum Gasteiger partial charge on any atom is -0.338 e. The van der Waals surface area contributed by atoms with Crippen LogP contribution in [0.3, 0.4) is 0 Å². The van der Waals surface area contributed by atoms with Crippen LogP contribution in [0.2, 0.25) is 0 Å². The fraction of sp³-hybridized carbons (Fsp3) is 0.462. The number of hydrogen-bond donors (Lipinski definition) is 0. The zero-order chi connectivity index (χ0) is 13.5. The Bertz CT molecular complexity index is 412. The Morgan fingerprint density at radius 1 is 1.33 bits per heavy atom. The van der Waals surface area contributed by atoms with Gasteiger partial charge in [-0.15, -0.1) is 0 Å². The molecule has 0 heterocycles. The average Bonchev–Trinajstić information content (AvgIpc) is 2.33. The van der Waals surface area contributed by atoms with E-state index >= 15 is 0 Å². The van der Waals surface area contributed by atoms with Gasteiger partial charge < -0.3 is 4.90 Å². The van der Waals surface area contributed by atoms with Crippen molar-refractivity contribution >= 4 is 21.8 Å². The lowest BCUT2D eigenvalue weighted by molar-refractivity contribution is 0.0759. The highest BCUT2D eigenvalue weighted by Crippen LogP contribution is 2.13. The van der Waals surface area contributed by atoms with E-state index in [-0.39, 0.29) is 11.5 Å². The van der Waals surface area contributed by atoms with Gasteiger partial charge in [-0.25, -0.2) is 8.78 Å². The molecule has 1 amide bonds. The first-order valence-electron chi connectivity index (χ1n) is 5.90. The summed E-state index contributed by atoms with van der Waals surface area (Å²) in [5, 5.41) is 0.630. The molecular formula is C13H16BrF2NO. The maximum Gasteiger partial charge on any atom is 0.256 e. The molecule has 0 saturated carbocycles. The number of rotatable bonds is 6. The standard InChI is InChI=1S/C13H16BrF2NO/c1-2-3-7-17(8-6-14)13(18)11-5-4-10(15)9-12(11)16/h4-5,9H,2-3,6-8H2,1H3. The molecule has 0 aliphatic rings. The van der Waals surface area contributed by atoms with Gasteiger partial charge in [0.05, 0.1) is 5.56 Å². The molecule has 2 nitrogen and oxygen atoms in total. The van der Waals surface area contributed by atoms with E-state index < -0.39 is 11.6 Å². The molecule has 0 saturated heterocycles. The third-order valence-electron chi connectivity index (χ3n) is 2.58. The number of unbranched alkanes of at least 4 members (excludes halogenated alkanes) is 1. The van der Waals surface area contributed by atoms with E-state index in [9.17, 15) is 13.6 Å². The third kappa shape index (κ3) is 4.05. The highest BCUT2D eigenvalue weighted by Gasteiger charge is 2.18. The van der Waals surface area contributed by atoms with Crippen LogP contribution >= 0.6 is 15.9 Å². The average molecular weight is 320 g/mol. The van der Waals surface area contributed by atoms with Crippen LogP contribution in [0.4, 0.5) is 8.78 Å². The van der Waals surface area contributed by atoms with E-state index in [4.69, 9.17) is 0 Å². The summed E-state index contributed by atoms with van der Waals surface area (Å²) in [5.74, 6) is -1.87. The topological polar surface area (TPSA) is 20.3 Å². The first-order chi connectivity index (χ1) is 8.60. The number of carbonyl (C=O) groups excluding carboxylic acids is 1. The van der Waals surface area contributed by atoms with E-state index in [1.54, 1.807) is 4.90 Å². The maximum atomic E-state index is 13.5. The molecule has 0 aliphatic heterocycles. The molecule has 0 aromatic heterocycles. The molecule has 0 atom stereocenters. The summed E-state index contributed by atoms with van der Waals surface area (Å²) in [4.78, 5) is 13.7. The van der Waals surface area contributed by atoms with Gasteiger partial charge in [0, 0.05) is 24.5 Å². The minimum atomic E-state index is -0.809. The third-order valence-corrected chi connectivity index (χ3v) is 2.94. The van der Waals surface area contributed by atoms with Gasteiger partial charge in [0.15, 0.2) is 0 Å². The van der Waals surface area contributed by atoms with Gasteiger partial charge in [0.1, 0.15) is 11.6 Å². The fourth-order valence-electron chi connectivity index (χ4n) is 1.60. The van der Waals surface area contributed by atoms with Crippen LogP contribution in [0.1, 0.15) is 30.1 Å². The van der Waals surface area contributed by atoms with Crippen molar-refractivity contribution < 1.29 is 13.6 Å². The van der Waals surface area contributed by atoms with Crippen molar-refractivity contribution in [2.45, 2.75) is 19.8 Å². The van der Waals surface area contributed by atoms with Crippen LogP contribution in [0.15, 0.2) is 18.2 Å². The lowest BCUT2D eigenvalue weighted by Gasteiger charge is -2.21. The van der Waals surface area contributed by atoms with Crippen molar-refractivity contribution in [3.05, 3.63) is 35.4 Å². The molecule has 0 unspecified atom stereocenters. The van der Waals surface area contributed by atoms with Crippen molar-refractivity contribution in [2.75, 3.05) is 18.4 Å². The van der Waals surface area contributed by atoms with Crippen molar-refractivity contribution in [3.8, 4) is 0 Å². The van der Waals surface area contributed by atoms with Crippen LogP contribution in [0.5, 0.6) is 0 Å². The van der Waals surface area contributed by atoms with E-state index in [2.05, 4.69) is 15.9 Å². The van der Waals surface area contributed by atoms with Crippen LogP contribution in [-0.2, 0) is 0 Å². The molecule has 18 heavy (non-hydrogen) atoms. The summed E-state index contributed by atoms with van der Waals surface area (Å²) in [5.41, 5.74) is -0.0755. The first kappa shape index (κ1) is 15.1. The number of benzene rings is 1. The van der Waals surface area contributed by atoms with Gasteiger partial charge in [-0.3, -0.25) is 4.79 Å². The Kier molecular flexibility index (Phi) is 6.25. The number of alkyl halides is 1. The van der Waals surface area contributed by atoms with E-state index in [1.807, 2.05) is 6.92 Å². The predicted molar refractivity (Wildman–Crippen MR) is 71.0 cm³/mol. The van der Waals surface area contributed by atoms with Crippen molar-refractivity contribution in [2.24, 2.45) is 0 Å². The normalized spacial score (nSPS) is 10.4. The summed E-state index contributed by atoms with van der Waals surface area (Å²) in [7, 11) is 0. The maximum absolute atomic E-state index is 13.5. The summed E-state index contributed by atoms with van der Waals surface area (Å²) >= 11 is 3.27. The van der Waals surface area contributed by atoms with Crippen LogP contribution in [-0.4, -0.2) is 29.2 Å². The number of carbonyl (C=O) groups is 1. The van der Waals surface area contributed by atoms with E-state index in [0.29, 0.717) is 18.4 Å². The van der Waals surface area contributed by atoms with Crippen molar-refractivity contribution in [1.82, 2.24) is 4.90 Å². The van der Waals surface area contributed by atoms with Gasteiger partial charge in [-0.2, -0.15) is 0 Å². The number of nitrogens with zero attached hydrogens (tertiary/aromatic N) is 1. The van der Waals surface area contributed by atoms with E-state index in [0.717, 1.165) is 25.0 Å². The Morgan fingerprint density at radius 3 is 2.61 bits per heavy atom. The monoisotopic (exact) mass is 319 g/mol. The van der Waals surface area contributed by atoms with Gasteiger partial charge in [0.25, 0.3) is 5.91 Å². The molecule has 0 spiro atoms. The molecule has 5 heteroatoms. The molecule has 0 bridgehead atoms. The molecule has 0 aliphatic carbocycles. The Balaban J connectivity index is 2.87. The zero-order valence-electron chi connectivity index (χ0n) is 10.3. The molecule has 1 rings (SSSR count). The molecule has 1 aromatic carbocycles. The van der Waals surface area contributed by atoms with Gasteiger partial charge >= 0.3 is 0 Å². The molecule has 0 fully saturated rings. The predicted octanol–water partition coefficient (Wildman–Crippen LogP) is 3.60. The summed E-state index contributed by atoms with van der Waals surface area (Å²) < 4.78 is 26.3. The molecular weight excluding hydrogens is 304 g/mol. The second-order valence-electron chi connectivity index (χ2n) is 3.96. The number of halogens is 3. The highest BCUT2D eigenvalue weighted by atomic mass is 79.9. The molecule has 0 radical (unpaired) electrons. The SMILES string of the molecule is CCCCN(CCBr)C(=O)c1ccc(F)cc1F. The van der Waals surface area contributed by atoms with Crippen molar-refractivity contribution in [1.29, 1.82) is 0 Å². The van der Waals surface area contributed by atoms with E-state index in [1.165, 1.54) is 6.07 Å². The molecule has 1 aromatic rings. The minimum absolute atomic E-state index is 0.0755. The number of hydrogen-bond acceptors (Lipinski definition) is 1. The Labute approximate surface area is 114 Å². The first-order valence-corrected chi connectivity index (χ1v) is 7.02. The lowest BCUT2D eigenvalue weighted by atomic mass is 10.1. The van der Waals surface area contributed by atoms with Gasteiger partial charge in [-0.1, -0.05) is 29.3 Å². The summed E-state index contributed by atoms with van der Waals surface area (Å²) in [6.45, 7) is 3.11. The Hall–Kier alpha value is -0.970. The highest BCUT2D eigenvalue weighted by molar-refractivity contribution is 9.09. The molecule has 0 N–H and O–H groups in total. The van der Waals surface area contributed by atoms with Crippen LogP contribution < -0.4 is 0 Å². The zero-order valence-corrected chi connectivity index (χ0v) is 11.8. The number of amides is 1. The lowest BCUT2D eigenvalue weighted by Crippen LogP contribution is -2.34.